The van der Waals surface area contributed by atoms with E-state index in [1.807, 2.05) is 0 Å². The zero-order valence-corrected chi connectivity index (χ0v) is 10.4. The van der Waals surface area contributed by atoms with E-state index in [-0.39, 0.29) is 0 Å². The summed E-state index contributed by atoms with van der Waals surface area (Å²) in [4.78, 5) is 34.8. The fourth-order valence-electron chi connectivity index (χ4n) is 1.96. The number of amides is 3. The minimum Gasteiger partial charge on any atom is -0.478 e. The van der Waals surface area contributed by atoms with Gasteiger partial charge in [0.25, 0.3) is 5.91 Å². The monoisotopic (exact) mass is 254 g/mol. The molecule has 100 valence electrons. The van der Waals surface area contributed by atoms with Crippen molar-refractivity contribution in [2.45, 2.75) is 26.2 Å². The molecule has 1 rings (SSSR count). The number of carbonyl (C=O) groups is 3. The molecular formula is C12H18N2O4. The van der Waals surface area contributed by atoms with Crippen LogP contribution in [0.15, 0.2) is 12.2 Å². The van der Waals surface area contributed by atoms with Gasteiger partial charge in [-0.2, -0.15) is 0 Å². The molecule has 1 saturated heterocycles. The average molecular weight is 254 g/mol. The molecule has 6 heteroatoms. The van der Waals surface area contributed by atoms with Gasteiger partial charge in [-0.05, 0) is 18.8 Å². The molecule has 1 unspecified atom stereocenters. The van der Waals surface area contributed by atoms with Gasteiger partial charge in [0.15, 0.2) is 0 Å². The number of urea groups is 1. The van der Waals surface area contributed by atoms with Crippen molar-refractivity contribution in [1.29, 1.82) is 0 Å². The van der Waals surface area contributed by atoms with Crippen LogP contribution in [0.5, 0.6) is 0 Å². The zero-order valence-electron chi connectivity index (χ0n) is 10.4. The Hall–Kier alpha value is -1.85. The molecule has 0 spiro atoms. The molecule has 0 aliphatic carbocycles. The summed E-state index contributed by atoms with van der Waals surface area (Å²) in [7, 11) is 0. The minimum atomic E-state index is -1.22. The number of nitrogens with one attached hydrogen (secondary N) is 1. The maximum Gasteiger partial charge on any atom is 0.328 e. The number of hydrogen-bond donors (Lipinski definition) is 2. The number of aliphatic carboxylic acids is 1. The third-order valence-corrected chi connectivity index (χ3v) is 2.99. The lowest BCUT2D eigenvalue weighted by Crippen LogP contribution is -2.46. The number of carboxylic acid groups (broad SMARTS) is 1. The Morgan fingerprint density at radius 3 is 2.72 bits per heavy atom. The van der Waals surface area contributed by atoms with Crippen molar-refractivity contribution >= 4 is 17.9 Å². The van der Waals surface area contributed by atoms with E-state index in [1.165, 1.54) is 0 Å². The fourth-order valence-corrected chi connectivity index (χ4v) is 1.96. The van der Waals surface area contributed by atoms with Crippen molar-refractivity contribution in [3.63, 3.8) is 0 Å². The largest absolute Gasteiger partial charge is 0.478 e. The highest BCUT2D eigenvalue weighted by molar-refractivity contribution is 6.02. The fraction of sp³-hybridized carbons (Fsp3) is 0.583. The second-order valence-corrected chi connectivity index (χ2v) is 4.33. The summed E-state index contributed by atoms with van der Waals surface area (Å²) in [6.45, 7) is 3.36. The van der Waals surface area contributed by atoms with Gasteiger partial charge in [0, 0.05) is 25.2 Å². The number of likely N-dealkylation sites (tertiary alicyclic amines) is 1. The average Bonchev–Trinajstić information content (AvgIpc) is 2.36. The minimum absolute atomic E-state index is 0.451. The molecule has 0 aromatic carbocycles. The quantitative estimate of drug-likeness (QED) is 0.735. The lowest BCUT2D eigenvalue weighted by Gasteiger charge is -2.31. The van der Waals surface area contributed by atoms with Gasteiger partial charge in [-0.25, -0.2) is 9.59 Å². The Kier molecular flexibility index (Phi) is 5.35. The van der Waals surface area contributed by atoms with Crippen LogP contribution in [-0.2, 0) is 9.59 Å². The van der Waals surface area contributed by atoms with Gasteiger partial charge in [-0.3, -0.25) is 10.1 Å². The number of carbonyl (C=O) groups excluding carboxylic acids is 2. The lowest BCUT2D eigenvalue weighted by atomic mass is 9.96. The Bertz CT molecular complexity index is 365. The Morgan fingerprint density at radius 1 is 1.39 bits per heavy atom. The van der Waals surface area contributed by atoms with Gasteiger partial charge < -0.3 is 10.0 Å². The van der Waals surface area contributed by atoms with Crippen LogP contribution in [0.2, 0.25) is 0 Å². The third-order valence-electron chi connectivity index (χ3n) is 2.99. The van der Waals surface area contributed by atoms with Gasteiger partial charge in [-0.1, -0.05) is 13.3 Å². The molecule has 0 aromatic rings. The molecule has 0 radical (unpaired) electrons. The molecule has 6 nitrogen and oxygen atoms in total. The first-order valence-electron chi connectivity index (χ1n) is 6.03. The van der Waals surface area contributed by atoms with Gasteiger partial charge in [-0.15, -0.1) is 0 Å². The molecule has 1 heterocycles. The van der Waals surface area contributed by atoms with Crippen LogP contribution in [0.4, 0.5) is 4.79 Å². The molecule has 1 fully saturated rings. The van der Waals surface area contributed by atoms with Crippen LogP contribution >= 0.6 is 0 Å². The number of imide groups is 1. The van der Waals surface area contributed by atoms with Crippen molar-refractivity contribution in [2.75, 3.05) is 13.1 Å². The first kappa shape index (κ1) is 14.2. The van der Waals surface area contributed by atoms with Crippen LogP contribution in [0, 0.1) is 5.92 Å². The summed E-state index contributed by atoms with van der Waals surface area (Å²) >= 11 is 0. The van der Waals surface area contributed by atoms with Gasteiger partial charge in [0.05, 0.1) is 0 Å². The van der Waals surface area contributed by atoms with Crippen LogP contribution in [0.3, 0.4) is 0 Å². The summed E-state index contributed by atoms with van der Waals surface area (Å²) in [5, 5.41) is 10.5. The van der Waals surface area contributed by atoms with Crippen molar-refractivity contribution < 1.29 is 19.5 Å². The highest BCUT2D eigenvalue weighted by atomic mass is 16.4. The van der Waals surface area contributed by atoms with Gasteiger partial charge in [0.2, 0.25) is 0 Å². The van der Waals surface area contributed by atoms with E-state index in [0.717, 1.165) is 25.3 Å². The maximum atomic E-state index is 11.7. The van der Waals surface area contributed by atoms with Gasteiger partial charge >= 0.3 is 12.0 Å². The molecular weight excluding hydrogens is 236 g/mol. The maximum absolute atomic E-state index is 11.7. The first-order valence-corrected chi connectivity index (χ1v) is 6.03. The van der Waals surface area contributed by atoms with Crippen LogP contribution in [0.25, 0.3) is 0 Å². The molecule has 2 N–H and O–H groups in total. The molecule has 1 atom stereocenters. The van der Waals surface area contributed by atoms with E-state index in [0.29, 0.717) is 25.1 Å². The molecule has 18 heavy (non-hydrogen) atoms. The van der Waals surface area contributed by atoms with E-state index in [1.54, 1.807) is 4.90 Å². The van der Waals surface area contributed by atoms with E-state index in [9.17, 15) is 14.4 Å². The topological polar surface area (TPSA) is 86.7 Å². The van der Waals surface area contributed by atoms with Crippen molar-refractivity contribution in [2.24, 2.45) is 5.92 Å². The van der Waals surface area contributed by atoms with E-state index in [2.05, 4.69) is 12.2 Å². The van der Waals surface area contributed by atoms with Crippen molar-refractivity contribution in [1.82, 2.24) is 10.2 Å². The molecule has 1 aliphatic heterocycles. The highest BCUT2D eigenvalue weighted by Gasteiger charge is 2.23. The summed E-state index contributed by atoms with van der Waals surface area (Å²) < 4.78 is 0. The second kappa shape index (κ2) is 6.78. The number of hydrogen-bond acceptors (Lipinski definition) is 3. The normalized spacial score (nSPS) is 19.8. The summed E-state index contributed by atoms with van der Waals surface area (Å²) in [5.74, 6) is -1.45. The smallest absolute Gasteiger partial charge is 0.328 e. The van der Waals surface area contributed by atoms with E-state index in [4.69, 9.17) is 5.11 Å². The molecule has 0 saturated carbocycles. The zero-order chi connectivity index (χ0) is 13.5. The standard InChI is InChI=1S/C12H18N2O4/c1-2-9-4-3-7-14(8-9)12(18)13-10(15)5-6-11(16)17/h5-6,9H,2-4,7-8H2,1H3,(H,16,17)(H,13,15,18)/b6-5+. The van der Waals surface area contributed by atoms with Crippen LogP contribution in [0.1, 0.15) is 26.2 Å². The number of nitrogens with zero attached hydrogens (tertiary/aromatic N) is 1. The van der Waals surface area contributed by atoms with Crippen molar-refractivity contribution in [3.8, 4) is 0 Å². The first-order chi connectivity index (χ1) is 8.52. The van der Waals surface area contributed by atoms with Crippen LogP contribution in [-0.4, -0.2) is 41.0 Å². The third kappa shape index (κ3) is 4.57. The Labute approximate surface area is 106 Å². The molecule has 3 amide bonds. The van der Waals surface area contributed by atoms with Crippen molar-refractivity contribution in [3.05, 3.63) is 12.2 Å². The Morgan fingerprint density at radius 2 is 2.11 bits per heavy atom. The molecule has 0 aromatic heterocycles. The Balaban J connectivity index is 2.44. The summed E-state index contributed by atoms with van der Waals surface area (Å²) in [6.07, 6.45) is 4.59. The summed E-state index contributed by atoms with van der Waals surface area (Å²) in [6, 6.07) is -0.451. The summed E-state index contributed by atoms with van der Waals surface area (Å²) in [5.41, 5.74) is 0. The van der Waals surface area contributed by atoms with E-state index >= 15 is 0 Å². The van der Waals surface area contributed by atoms with Crippen LogP contribution < -0.4 is 5.32 Å². The predicted octanol–water partition coefficient (Wildman–Crippen LogP) is 0.985. The SMILES string of the molecule is CCC1CCCN(C(=O)NC(=O)/C=C/C(=O)O)C1. The molecule has 1 aliphatic rings. The second-order valence-electron chi connectivity index (χ2n) is 4.33. The highest BCUT2D eigenvalue weighted by Crippen LogP contribution is 2.18. The number of carboxylic acids is 1. The lowest BCUT2D eigenvalue weighted by molar-refractivity contribution is -0.131. The van der Waals surface area contributed by atoms with Gasteiger partial charge in [0.1, 0.15) is 0 Å². The number of rotatable bonds is 3. The molecule has 0 bridgehead atoms. The number of piperidine rings is 1. The van der Waals surface area contributed by atoms with E-state index < -0.39 is 17.9 Å². The predicted molar refractivity (Wildman–Crippen MR) is 64.9 cm³/mol.